The smallest absolute Gasteiger partial charge is 0.289 e. The van der Waals surface area contributed by atoms with Crippen LogP contribution in [-0.2, 0) is 6.54 Å². The van der Waals surface area contributed by atoms with Gasteiger partial charge >= 0.3 is 0 Å². The summed E-state index contributed by atoms with van der Waals surface area (Å²) in [6, 6.07) is 7.36. The molecule has 0 bridgehead atoms. The van der Waals surface area contributed by atoms with Crippen molar-refractivity contribution in [2.45, 2.75) is 6.54 Å². The van der Waals surface area contributed by atoms with Crippen molar-refractivity contribution >= 4 is 5.91 Å². The predicted molar refractivity (Wildman–Crippen MR) is 67.7 cm³/mol. The molecule has 19 heavy (non-hydrogen) atoms. The molecule has 0 unspecified atom stereocenters. The molecule has 2 aromatic heterocycles. The Morgan fingerprint density at radius 3 is 2.53 bits per heavy atom. The Hall–Kier alpha value is -2.01. The Morgan fingerprint density at radius 2 is 1.89 bits per heavy atom. The number of furan rings is 2. The van der Waals surface area contributed by atoms with Crippen LogP contribution in [0.3, 0.4) is 0 Å². The van der Waals surface area contributed by atoms with Crippen LogP contribution in [0.4, 0.5) is 0 Å². The first-order valence-electron chi connectivity index (χ1n) is 6.51. The summed E-state index contributed by atoms with van der Waals surface area (Å²) >= 11 is 0. The third-order valence-electron chi connectivity index (χ3n) is 3.49. The van der Waals surface area contributed by atoms with E-state index in [0.717, 1.165) is 38.5 Å². The molecule has 1 N–H and O–H groups in total. The molecule has 0 atom stereocenters. The third-order valence-corrected chi connectivity index (χ3v) is 3.49. The Kier molecular flexibility index (Phi) is 3.37. The van der Waals surface area contributed by atoms with Gasteiger partial charge in [0.1, 0.15) is 6.54 Å². The van der Waals surface area contributed by atoms with Gasteiger partial charge in [0.25, 0.3) is 5.91 Å². The third kappa shape index (κ3) is 2.71. The fraction of sp³-hybridized carbons (Fsp3) is 0.357. The second kappa shape index (κ2) is 5.32. The molecule has 1 saturated heterocycles. The lowest BCUT2D eigenvalue weighted by molar-refractivity contribution is -0.918. The normalized spacial score (nSPS) is 16.7. The van der Waals surface area contributed by atoms with E-state index in [9.17, 15) is 4.79 Å². The van der Waals surface area contributed by atoms with E-state index >= 15 is 0 Å². The van der Waals surface area contributed by atoms with Crippen LogP contribution >= 0.6 is 0 Å². The zero-order valence-corrected chi connectivity index (χ0v) is 10.7. The van der Waals surface area contributed by atoms with Crippen LogP contribution < -0.4 is 4.90 Å². The van der Waals surface area contributed by atoms with E-state index in [0.29, 0.717) is 5.76 Å². The average molecular weight is 261 g/mol. The molecule has 1 fully saturated rings. The fourth-order valence-corrected chi connectivity index (χ4v) is 2.42. The minimum absolute atomic E-state index is 0.0120. The Morgan fingerprint density at radius 1 is 1.16 bits per heavy atom. The molecule has 2 aromatic rings. The molecule has 0 spiro atoms. The quantitative estimate of drug-likeness (QED) is 0.871. The summed E-state index contributed by atoms with van der Waals surface area (Å²) in [4.78, 5) is 15.4. The number of carbonyl (C=O) groups is 1. The number of carbonyl (C=O) groups excluding carboxylic acids is 1. The SMILES string of the molecule is O=C(c1ccco1)N1CC[NH+](Cc2ccco2)CC1. The van der Waals surface area contributed by atoms with Crippen LogP contribution in [0.15, 0.2) is 45.6 Å². The number of quaternary nitrogens is 1. The summed E-state index contributed by atoms with van der Waals surface area (Å²) in [5, 5.41) is 0. The Balaban J connectivity index is 1.53. The largest absolute Gasteiger partial charge is 0.463 e. The molecule has 100 valence electrons. The van der Waals surface area contributed by atoms with E-state index in [2.05, 4.69) is 0 Å². The molecule has 0 aliphatic carbocycles. The van der Waals surface area contributed by atoms with Crippen LogP contribution in [0.1, 0.15) is 16.3 Å². The Labute approximate surface area is 111 Å². The monoisotopic (exact) mass is 261 g/mol. The molecule has 5 nitrogen and oxygen atoms in total. The van der Waals surface area contributed by atoms with E-state index in [1.807, 2.05) is 17.0 Å². The molecule has 1 amide bonds. The van der Waals surface area contributed by atoms with Crippen LogP contribution in [0.5, 0.6) is 0 Å². The van der Waals surface area contributed by atoms with E-state index in [1.165, 1.54) is 11.2 Å². The van der Waals surface area contributed by atoms with Crippen molar-refractivity contribution in [2.24, 2.45) is 0 Å². The lowest BCUT2D eigenvalue weighted by atomic mass is 10.2. The van der Waals surface area contributed by atoms with Gasteiger partial charge in [-0.15, -0.1) is 0 Å². The van der Waals surface area contributed by atoms with Crippen molar-refractivity contribution < 1.29 is 18.5 Å². The van der Waals surface area contributed by atoms with Gasteiger partial charge in [0.05, 0.1) is 38.7 Å². The van der Waals surface area contributed by atoms with Crippen molar-refractivity contribution in [1.82, 2.24) is 4.90 Å². The number of hydrogen-bond donors (Lipinski definition) is 1. The van der Waals surface area contributed by atoms with Gasteiger partial charge in [-0.2, -0.15) is 0 Å². The second-order valence-electron chi connectivity index (χ2n) is 4.78. The van der Waals surface area contributed by atoms with Crippen LogP contribution in [0.2, 0.25) is 0 Å². The van der Waals surface area contributed by atoms with Crippen LogP contribution in [0, 0.1) is 0 Å². The maximum atomic E-state index is 12.1. The second-order valence-corrected chi connectivity index (χ2v) is 4.78. The first kappa shape index (κ1) is 12.0. The molecule has 0 aromatic carbocycles. The lowest BCUT2D eigenvalue weighted by Crippen LogP contribution is -3.13. The molecule has 0 saturated carbocycles. The highest BCUT2D eigenvalue weighted by Crippen LogP contribution is 2.06. The predicted octanol–water partition coefficient (Wildman–Crippen LogP) is 0.413. The van der Waals surface area contributed by atoms with Crippen LogP contribution in [0.25, 0.3) is 0 Å². The fourth-order valence-electron chi connectivity index (χ4n) is 2.42. The molecular weight excluding hydrogens is 244 g/mol. The summed E-state index contributed by atoms with van der Waals surface area (Å²) in [6.07, 6.45) is 3.23. The van der Waals surface area contributed by atoms with Gasteiger partial charge in [0, 0.05) is 0 Å². The topological polar surface area (TPSA) is 51.0 Å². The summed E-state index contributed by atoms with van der Waals surface area (Å²) in [7, 11) is 0. The van der Waals surface area contributed by atoms with Gasteiger partial charge in [-0.25, -0.2) is 0 Å². The van der Waals surface area contributed by atoms with E-state index in [1.54, 1.807) is 18.4 Å². The summed E-state index contributed by atoms with van der Waals surface area (Å²) in [6.45, 7) is 4.28. The summed E-state index contributed by atoms with van der Waals surface area (Å²) < 4.78 is 10.5. The van der Waals surface area contributed by atoms with Crippen molar-refractivity contribution in [3.05, 3.63) is 48.3 Å². The minimum Gasteiger partial charge on any atom is -0.463 e. The molecule has 0 radical (unpaired) electrons. The zero-order valence-electron chi connectivity index (χ0n) is 10.7. The maximum Gasteiger partial charge on any atom is 0.289 e. The number of hydrogen-bond acceptors (Lipinski definition) is 3. The van der Waals surface area contributed by atoms with E-state index < -0.39 is 0 Å². The number of amides is 1. The van der Waals surface area contributed by atoms with Crippen molar-refractivity contribution in [1.29, 1.82) is 0 Å². The van der Waals surface area contributed by atoms with Crippen molar-refractivity contribution in [2.75, 3.05) is 26.2 Å². The van der Waals surface area contributed by atoms with Crippen LogP contribution in [-0.4, -0.2) is 37.0 Å². The van der Waals surface area contributed by atoms with Gasteiger partial charge in [-0.05, 0) is 24.3 Å². The van der Waals surface area contributed by atoms with Crippen molar-refractivity contribution in [3.63, 3.8) is 0 Å². The summed E-state index contributed by atoms with van der Waals surface area (Å²) in [5.41, 5.74) is 0. The molecule has 3 heterocycles. The zero-order chi connectivity index (χ0) is 13.1. The van der Waals surface area contributed by atoms with Gasteiger partial charge in [0.15, 0.2) is 11.5 Å². The Bertz CT molecular complexity index is 511. The highest BCUT2D eigenvalue weighted by atomic mass is 16.3. The molecule has 5 heteroatoms. The number of nitrogens with zero attached hydrogens (tertiary/aromatic N) is 1. The van der Waals surface area contributed by atoms with E-state index in [-0.39, 0.29) is 5.91 Å². The van der Waals surface area contributed by atoms with Gasteiger partial charge in [-0.3, -0.25) is 4.79 Å². The minimum atomic E-state index is -0.0120. The first-order chi connectivity index (χ1) is 9.33. The lowest BCUT2D eigenvalue weighted by Gasteiger charge is -2.31. The van der Waals surface area contributed by atoms with E-state index in [4.69, 9.17) is 8.83 Å². The maximum absolute atomic E-state index is 12.1. The van der Waals surface area contributed by atoms with Gasteiger partial charge in [0.2, 0.25) is 0 Å². The number of rotatable bonds is 3. The number of piperazine rings is 1. The summed E-state index contributed by atoms with van der Waals surface area (Å²) in [5.74, 6) is 1.41. The molecular formula is C14H17N2O3+. The van der Waals surface area contributed by atoms with Gasteiger partial charge < -0.3 is 18.6 Å². The highest BCUT2D eigenvalue weighted by molar-refractivity contribution is 5.91. The first-order valence-corrected chi connectivity index (χ1v) is 6.51. The highest BCUT2D eigenvalue weighted by Gasteiger charge is 2.26. The molecule has 1 aliphatic heterocycles. The van der Waals surface area contributed by atoms with Crippen molar-refractivity contribution in [3.8, 4) is 0 Å². The number of nitrogens with one attached hydrogen (secondary N) is 1. The average Bonchev–Trinajstić information content (AvgIpc) is 3.12. The molecule has 1 aliphatic rings. The van der Waals surface area contributed by atoms with Gasteiger partial charge in [-0.1, -0.05) is 0 Å². The standard InChI is InChI=1S/C14H16N2O3/c17-14(13-4-2-10-19-13)16-7-5-15(6-8-16)11-12-3-1-9-18-12/h1-4,9-10H,5-8,11H2/p+1. The molecule has 3 rings (SSSR count).